The molecule has 99 heavy (non-hydrogen) atoms. The van der Waals surface area contributed by atoms with Crippen LogP contribution in [0.15, 0.2) is 72.8 Å². The Morgan fingerprint density at radius 1 is 0.576 bits per heavy atom. The number of benzene rings is 3. The second kappa shape index (κ2) is 37.3. The third-order valence-corrected chi connectivity index (χ3v) is 19.7. The predicted octanol–water partition coefficient (Wildman–Crippen LogP) is 4.22. The third-order valence-electron chi connectivity index (χ3n) is 19.0. The SMILES string of the molecule is CC[C@H](C)[C@@H]1NC(=O)[C@H](CC(C)C)N(C)C(=O)C[C@@H](C(=O)N2CCCCC2)N(C)C(=O)[C@H](CC(C)C)NC(=O)C(C)(C)N(C)C(=O)[C@H](Cc2ccccc2OC)NC(=O)[C@H](Cc2cccc(I)c2)NC(=O)CN(C)C(=O)[C@H](Cc2ccc(C)cc2)N(C)C(=O)CN(C)C(=O)CN(C)C1=O. The topological polar surface area (TPSA) is 288 Å². The van der Waals surface area contributed by atoms with Crippen LogP contribution in [0, 0.1) is 28.2 Å². The molecule has 2 aliphatic rings. The number of likely N-dealkylation sites (N-methyl/N-ethyl adjacent to an activating group) is 7. The van der Waals surface area contributed by atoms with Crippen molar-refractivity contribution in [3.63, 3.8) is 0 Å². The summed E-state index contributed by atoms with van der Waals surface area (Å²) < 4.78 is 6.53. The normalized spacial score (nSPS) is 23.3. The van der Waals surface area contributed by atoms with E-state index in [0.29, 0.717) is 54.8 Å². The lowest BCUT2D eigenvalue weighted by Crippen LogP contribution is -2.64. The molecule has 0 aromatic heterocycles. The van der Waals surface area contributed by atoms with E-state index in [1.165, 1.54) is 85.0 Å². The van der Waals surface area contributed by atoms with Gasteiger partial charge in [0.25, 0.3) is 0 Å². The minimum Gasteiger partial charge on any atom is -0.496 e. The number of carbonyl (C=O) groups excluding carboxylic acids is 12. The molecule has 2 saturated heterocycles. The second-order valence-corrected chi connectivity index (χ2v) is 29.3. The fourth-order valence-electron chi connectivity index (χ4n) is 12.1. The molecule has 0 saturated carbocycles. The van der Waals surface area contributed by atoms with E-state index in [1.54, 1.807) is 48.2 Å². The zero-order valence-electron chi connectivity index (χ0n) is 61.1. The first-order valence-corrected chi connectivity index (χ1v) is 35.3. The monoisotopic (exact) mass is 1490 g/mol. The summed E-state index contributed by atoms with van der Waals surface area (Å²) in [6.07, 6.45) is 2.00. The van der Waals surface area contributed by atoms with Gasteiger partial charge in [-0.2, -0.15) is 0 Å². The average molecular weight is 1490 g/mol. The van der Waals surface area contributed by atoms with Gasteiger partial charge >= 0.3 is 0 Å². The van der Waals surface area contributed by atoms with Gasteiger partial charge in [-0.3, -0.25) is 57.5 Å². The molecule has 4 N–H and O–H groups in total. The Morgan fingerprint density at radius 2 is 1.18 bits per heavy atom. The van der Waals surface area contributed by atoms with Crippen LogP contribution < -0.4 is 26.0 Å². The maximum absolute atomic E-state index is 15.4. The molecule has 2 fully saturated rings. The van der Waals surface area contributed by atoms with Gasteiger partial charge in [0.15, 0.2) is 0 Å². The minimum atomic E-state index is -1.78. The predicted molar refractivity (Wildman–Crippen MR) is 385 cm³/mol. The molecule has 3 aromatic carbocycles. The molecule has 5 rings (SSSR count). The number of amides is 12. The van der Waals surface area contributed by atoms with Crippen molar-refractivity contribution < 1.29 is 62.3 Å². The highest BCUT2D eigenvalue weighted by molar-refractivity contribution is 14.1. The summed E-state index contributed by atoms with van der Waals surface area (Å²) in [6, 6.07) is 12.3. The summed E-state index contributed by atoms with van der Waals surface area (Å²) in [5, 5.41) is 11.5. The first-order chi connectivity index (χ1) is 46.5. The van der Waals surface area contributed by atoms with Crippen LogP contribution in [-0.2, 0) is 76.8 Å². The van der Waals surface area contributed by atoms with Crippen molar-refractivity contribution in [1.29, 1.82) is 0 Å². The summed E-state index contributed by atoms with van der Waals surface area (Å²) in [5.41, 5.74) is 0.992. The summed E-state index contributed by atoms with van der Waals surface area (Å²) >= 11 is 2.13. The van der Waals surface area contributed by atoms with Crippen molar-refractivity contribution in [2.75, 3.05) is 89.2 Å². The lowest BCUT2D eigenvalue weighted by molar-refractivity contribution is -0.152. The maximum atomic E-state index is 15.4. The Kier molecular flexibility index (Phi) is 30.7. The van der Waals surface area contributed by atoms with Crippen LogP contribution in [0.5, 0.6) is 5.75 Å². The average Bonchev–Trinajstić information content (AvgIpc) is 0.809. The van der Waals surface area contributed by atoms with E-state index in [-0.39, 0.29) is 43.9 Å². The number of likely N-dealkylation sites (tertiary alicyclic amines) is 1. The van der Waals surface area contributed by atoms with Gasteiger partial charge in [0, 0.05) is 85.3 Å². The Bertz CT molecular complexity index is 3360. The molecule has 12 amide bonds. The van der Waals surface area contributed by atoms with Gasteiger partial charge in [-0.15, -0.1) is 0 Å². The molecule has 0 aliphatic carbocycles. The Hall–Kier alpha value is -8.17. The lowest BCUT2D eigenvalue weighted by atomic mass is 9.95. The van der Waals surface area contributed by atoms with Gasteiger partial charge in [-0.25, -0.2) is 0 Å². The maximum Gasteiger partial charge on any atom is 0.246 e. The smallest absolute Gasteiger partial charge is 0.246 e. The fourth-order valence-corrected chi connectivity index (χ4v) is 12.7. The fraction of sp³-hybridized carbons (Fsp3) is 0.589. The number of rotatable bonds is 14. The molecule has 0 radical (unpaired) electrons. The molecule has 0 spiro atoms. The number of nitrogens with zero attached hydrogens (tertiary/aromatic N) is 8. The van der Waals surface area contributed by atoms with Gasteiger partial charge in [0.1, 0.15) is 53.6 Å². The number of carbonyl (C=O) groups is 12. The van der Waals surface area contributed by atoms with Gasteiger partial charge < -0.3 is 65.2 Å². The minimum absolute atomic E-state index is 0.00790. The Morgan fingerprint density at radius 3 is 1.79 bits per heavy atom. The third kappa shape index (κ3) is 22.7. The quantitative estimate of drug-likeness (QED) is 0.165. The van der Waals surface area contributed by atoms with Crippen LogP contribution in [0.1, 0.15) is 123 Å². The first kappa shape index (κ1) is 81.5. The molecule has 2 heterocycles. The number of para-hydroxylation sites is 1. The number of hydrogen-bond donors (Lipinski definition) is 4. The van der Waals surface area contributed by atoms with Crippen molar-refractivity contribution in [3.05, 3.63) is 98.6 Å². The van der Waals surface area contributed by atoms with Gasteiger partial charge in [0.05, 0.1) is 33.2 Å². The molecule has 0 bridgehead atoms. The second-order valence-electron chi connectivity index (χ2n) is 28.1. The van der Waals surface area contributed by atoms with Crippen LogP contribution >= 0.6 is 22.6 Å². The molecule has 3 aromatic rings. The largest absolute Gasteiger partial charge is 0.496 e. The molecular formula is C73H107IN12O13. The number of aryl methyl sites for hydroxylation is 1. The van der Waals surface area contributed by atoms with Crippen LogP contribution in [0.25, 0.3) is 0 Å². The highest BCUT2D eigenvalue weighted by Crippen LogP contribution is 2.26. The van der Waals surface area contributed by atoms with Gasteiger partial charge in [-0.05, 0) is 128 Å². The number of methoxy groups -OCH3 is 1. The Balaban J connectivity index is 1.66. The summed E-state index contributed by atoms with van der Waals surface area (Å²) in [6.45, 7) is 15.0. The summed E-state index contributed by atoms with van der Waals surface area (Å²) in [4.78, 5) is 188. The van der Waals surface area contributed by atoms with E-state index in [9.17, 15) is 38.4 Å². The van der Waals surface area contributed by atoms with Crippen molar-refractivity contribution in [2.45, 2.75) is 174 Å². The van der Waals surface area contributed by atoms with E-state index in [0.717, 1.165) is 35.2 Å². The number of hydrogen-bond acceptors (Lipinski definition) is 13. The Labute approximate surface area is 598 Å². The summed E-state index contributed by atoms with van der Waals surface area (Å²) in [5.74, 6) is -8.74. The van der Waals surface area contributed by atoms with E-state index in [2.05, 4.69) is 43.9 Å². The van der Waals surface area contributed by atoms with Crippen LogP contribution in [0.4, 0.5) is 0 Å². The number of piperidine rings is 1. The van der Waals surface area contributed by atoms with Crippen molar-refractivity contribution in [3.8, 4) is 5.75 Å². The molecule has 26 heteroatoms. The van der Waals surface area contributed by atoms with Gasteiger partial charge in [0.2, 0.25) is 70.9 Å². The van der Waals surface area contributed by atoms with Crippen molar-refractivity contribution in [2.24, 2.45) is 17.8 Å². The molecule has 0 unspecified atom stereocenters. The van der Waals surface area contributed by atoms with Gasteiger partial charge in [-0.1, -0.05) is 108 Å². The van der Waals surface area contributed by atoms with Crippen LogP contribution in [0.3, 0.4) is 0 Å². The highest BCUT2D eigenvalue weighted by atomic mass is 127. The standard InChI is InChI=1S/C73H107IN12O13/c1-18-48(7)64-71(97)81(12)43-62(89)79(10)44-63(90)83(14)57(39-49-31-29-47(6)30-32-49)69(95)80(11)42-60(87)75-53(38-50-25-24-27-52(74)37-50)65(91)76-55(40-51-26-20-21-28-59(51)99-17)68(94)85(16)73(8,9)72(98)77-54(35-45(2)3)67(93)84(15)58(70(96)86-33-22-19-23-34-86)41-61(88)82(13)56(36-46(4)5)66(92)78-64/h20-21,24-32,37,45-46,48,53-58,64H,18-19,22-23,33-36,38-44H2,1-17H3,(H,75,87)(H,76,91)(H,77,98)(H,78,92)/t48-,53-,54-,55-,56-,57-,58-,64-/m0/s1. The molecule has 8 atom stereocenters. The van der Waals surface area contributed by atoms with Crippen LogP contribution in [0.2, 0.25) is 0 Å². The summed E-state index contributed by atoms with van der Waals surface area (Å²) in [7, 11) is 11.2. The van der Waals surface area contributed by atoms with Crippen molar-refractivity contribution >= 4 is 93.5 Å². The van der Waals surface area contributed by atoms with Crippen LogP contribution in [-0.4, -0.2) is 247 Å². The highest BCUT2D eigenvalue weighted by Gasteiger charge is 2.44. The zero-order chi connectivity index (χ0) is 73.9. The first-order valence-electron chi connectivity index (χ1n) is 34.2. The molecule has 2 aliphatic heterocycles. The molecule has 544 valence electrons. The van der Waals surface area contributed by atoms with E-state index in [4.69, 9.17) is 4.74 Å². The number of nitrogens with one attached hydrogen (secondary N) is 4. The number of halogens is 1. The van der Waals surface area contributed by atoms with E-state index >= 15 is 19.2 Å². The zero-order valence-corrected chi connectivity index (χ0v) is 63.2. The molecular weight excluding hydrogens is 1380 g/mol. The van der Waals surface area contributed by atoms with Crippen molar-refractivity contribution in [1.82, 2.24) is 60.5 Å². The molecule has 25 nitrogen and oxygen atoms in total. The lowest BCUT2D eigenvalue weighted by Gasteiger charge is -2.39. The number of ether oxygens (including phenoxy) is 1. The van der Waals surface area contributed by atoms with E-state index < -0.39 is 151 Å². The van der Waals surface area contributed by atoms with E-state index in [1.807, 2.05) is 77.9 Å².